The number of rotatable bonds is 6. The van der Waals surface area contributed by atoms with E-state index in [-0.39, 0.29) is 0 Å². The molecule has 0 aliphatic carbocycles. The van der Waals surface area contributed by atoms with Crippen LogP contribution in [0.15, 0.2) is 57.5 Å². The zero-order valence-corrected chi connectivity index (χ0v) is 15.6. The summed E-state index contributed by atoms with van der Waals surface area (Å²) in [7, 11) is 0. The fraction of sp³-hybridized carbons (Fsp3) is 0.333. The second kappa shape index (κ2) is 8.11. The molecule has 0 radical (unpaired) electrons. The lowest BCUT2D eigenvalue weighted by molar-refractivity contribution is 0.426. The van der Waals surface area contributed by atoms with E-state index in [9.17, 15) is 0 Å². The van der Waals surface area contributed by atoms with E-state index in [1.165, 1.54) is 11.1 Å². The number of halogens is 2. The van der Waals surface area contributed by atoms with Gasteiger partial charge in [-0.25, -0.2) is 0 Å². The lowest BCUT2D eigenvalue weighted by atomic mass is 9.99. The van der Waals surface area contributed by atoms with Crippen molar-refractivity contribution in [3.8, 4) is 0 Å². The van der Waals surface area contributed by atoms with Crippen LogP contribution in [0.3, 0.4) is 0 Å². The lowest BCUT2D eigenvalue weighted by Gasteiger charge is -2.25. The van der Waals surface area contributed by atoms with Crippen molar-refractivity contribution in [2.24, 2.45) is 0 Å². The Morgan fingerprint density at radius 1 is 0.714 bits per heavy atom. The minimum absolute atomic E-state index is 0.381. The van der Waals surface area contributed by atoms with Gasteiger partial charge in [0.05, 0.1) is 0 Å². The molecule has 0 aromatic heterocycles. The van der Waals surface area contributed by atoms with Gasteiger partial charge in [0.1, 0.15) is 0 Å². The van der Waals surface area contributed by atoms with Crippen LogP contribution < -0.4 is 5.32 Å². The van der Waals surface area contributed by atoms with E-state index >= 15 is 0 Å². The molecule has 2 atom stereocenters. The molecule has 0 spiro atoms. The van der Waals surface area contributed by atoms with Gasteiger partial charge in [-0.3, -0.25) is 0 Å². The summed E-state index contributed by atoms with van der Waals surface area (Å²) in [6, 6.07) is 18.0. The van der Waals surface area contributed by atoms with Crippen molar-refractivity contribution >= 4 is 31.9 Å². The van der Waals surface area contributed by atoms with Gasteiger partial charge in [0.15, 0.2) is 0 Å². The fourth-order valence-corrected chi connectivity index (χ4v) is 3.06. The van der Waals surface area contributed by atoms with E-state index in [0.29, 0.717) is 12.1 Å². The molecule has 0 saturated heterocycles. The molecule has 0 heterocycles. The molecule has 0 aliphatic heterocycles. The zero-order chi connectivity index (χ0) is 15.2. The van der Waals surface area contributed by atoms with E-state index in [4.69, 9.17) is 0 Å². The second-order valence-corrected chi connectivity index (χ2v) is 7.02. The first-order chi connectivity index (χ1) is 10.1. The molecule has 112 valence electrons. The predicted octanol–water partition coefficient (Wildman–Crippen LogP) is 6.40. The third kappa shape index (κ3) is 4.67. The van der Waals surface area contributed by atoms with Crippen LogP contribution in [0, 0.1) is 0 Å². The van der Waals surface area contributed by atoms with Gasteiger partial charge >= 0.3 is 0 Å². The zero-order valence-electron chi connectivity index (χ0n) is 12.4. The fourth-order valence-electron chi connectivity index (χ4n) is 2.53. The van der Waals surface area contributed by atoms with Crippen molar-refractivity contribution in [2.75, 3.05) is 0 Å². The summed E-state index contributed by atoms with van der Waals surface area (Å²) in [5, 5.41) is 3.79. The molecule has 0 amide bonds. The maximum Gasteiger partial charge on any atom is 0.0323 e. The molecule has 0 aliphatic rings. The van der Waals surface area contributed by atoms with Gasteiger partial charge in [0.25, 0.3) is 0 Å². The first-order valence-electron chi connectivity index (χ1n) is 7.41. The summed E-state index contributed by atoms with van der Waals surface area (Å²) in [5.74, 6) is 0. The summed E-state index contributed by atoms with van der Waals surface area (Å²) in [6.07, 6.45) is 2.16. The van der Waals surface area contributed by atoms with Crippen LogP contribution in [0.25, 0.3) is 0 Å². The van der Waals surface area contributed by atoms with Gasteiger partial charge in [0, 0.05) is 21.0 Å². The van der Waals surface area contributed by atoms with Crippen LogP contribution in [0.5, 0.6) is 0 Å². The van der Waals surface area contributed by atoms with Crippen LogP contribution in [0.2, 0.25) is 0 Å². The third-order valence-electron chi connectivity index (χ3n) is 3.76. The van der Waals surface area contributed by atoms with Gasteiger partial charge in [-0.05, 0) is 48.2 Å². The standard InChI is InChI=1S/C18H21Br2N/c1-3-17(13-5-9-15(19)10-6-13)21-18(4-2)14-7-11-16(20)12-8-14/h5-12,17-18,21H,3-4H2,1-2H3. The van der Waals surface area contributed by atoms with Gasteiger partial charge in [0.2, 0.25) is 0 Å². The van der Waals surface area contributed by atoms with E-state index in [0.717, 1.165) is 21.8 Å². The number of nitrogens with one attached hydrogen (secondary N) is 1. The Kier molecular flexibility index (Phi) is 6.46. The van der Waals surface area contributed by atoms with E-state index in [2.05, 4.69) is 99.6 Å². The quantitative estimate of drug-likeness (QED) is 0.580. The van der Waals surface area contributed by atoms with Gasteiger partial charge in [-0.2, -0.15) is 0 Å². The van der Waals surface area contributed by atoms with Crippen LogP contribution in [0.1, 0.15) is 49.9 Å². The molecule has 0 fully saturated rings. The minimum atomic E-state index is 0.381. The monoisotopic (exact) mass is 409 g/mol. The highest BCUT2D eigenvalue weighted by atomic mass is 79.9. The highest BCUT2D eigenvalue weighted by Gasteiger charge is 2.15. The summed E-state index contributed by atoms with van der Waals surface area (Å²) in [6.45, 7) is 4.46. The Hall–Kier alpha value is -0.640. The first-order valence-corrected chi connectivity index (χ1v) is 8.99. The molecule has 1 N–H and O–H groups in total. The third-order valence-corrected chi connectivity index (χ3v) is 4.82. The summed E-state index contributed by atoms with van der Waals surface area (Å²) in [4.78, 5) is 0. The molecule has 0 bridgehead atoms. The molecule has 1 nitrogen and oxygen atoms in total. The second-order valence-electron chi connectivity index (χ2n) is 5.19. The topological polar surface area (TPSA) is 12.0 Å². The average Bonchev–Trinajstić information content (AvgIpc) is 2.51. The van der Waals surface area contributed by atoms with Crippen molar-refractivity contribution in [2.45, 2.75) is 38.8 Å². The van der Waals surface area contributed by atoms with Crippen molar-refractivity contribution in [1.82, 2.24) is 5.32 Å². The molecular weight excluding hydrogens is 390 g/mol. The van der Waals surface area contributed by atoms with Crippen molar-refractivity contribution < 1.29 is 0 Å². The Morgan fingerprint density at radius 3 is 1.33 bits per heavy atom. The Morgan fingerprint density at radius 2 is 1.05 bits per heavy atom. The van der Waals surface area contributed by atoms with E-state index in [1.807, 2.05) is 0 Å². The highest BCUT2D eigenvalue weighted by Crippen LogP contribution is 2.26. The smallest absolute Gasteiger partial charge is 0.0323 e. The maximum absolute atomic E-state index is 3.79. The highest BCUT2D eigenvalue weighted by molar-refractivity contribution is 9.10. The van der Waals surface area contributed by atoms with Crippen LogP contribution in [0.4, 0.5) is 0 Å². The van der Waals surface area contributed by atoms with E-state index < -0.39 is 0 Å². The largest absolute Gasteiger partial charge is 0.303 e. The van der Waals surface area contributed by atoms with Crippen LogP contribution in [-0.2, 0) is 0 Å². The molecule has 2 aromatic carbocycles. The molecular formula is C18H21Br2N. The summed E-state index contributed by atoms with van der Waals surface area (Å²) in [5.41, 5.74) is 2.69. The molecule has 0 saturated carbocycles. The van der Waals surface area contributed by atoms with Crippen molar-refractivity contribution in [3.05, 3.63) is 68.6 Å². The average molecular weight is 411 g/mol. The molecule has 2 rings (SSSR count). The number of hydrogen-bond donors (Lipinski definition) is 1. The summed E-state index contributed by atoms with van der Waals surface area (Å²) < 4.78 is 2.25. The number of benzene rings is 2. The predicted molar refractivity (Wildman–Crippen MR) is 97.5 cm³/mol. The van der Waals surface area contributed by atoms with Crippen LogP contribution in [-0.4, -0.2) is 0 Å². The number of hydrogen-bond acceptors (Lipinski definition) is 1. The molecule has 21 heavy (non-hydrogen) atoms. The van der Waals surface area contributed by atoms with Gasteiger partial charge in [-0.15, -0.1) is 0 Å². The van der Waals surface area contributed by atoms with Gasteiger partial charge in [-0.1, -0.05) is 70.0 Å². The SMILES string of the molecule is CCC(NC(CC)c1ccc(Br)cc1)c1ccc(Br)cc1. The Labute approximate surface area is 144 Å². The molecule has 3 heteroatoms. The van der Waals surface area contributed by atoms with Crippen LogP contribution >= 0.6 is 31.9 Å². The van der Waals surface area contributed by atoms with Crippen molar-refractivity contribution in [1.29, 1.82) is 0 Å². The molecule has 2 aromatic rings. The minimum Gasteiger partial charge on any atom is -0.303 e. The first kappa shape index (κ1) is 16.7. The van der Waals surface area contributed by atoms with Crippen molar-refractivity contribution in [3.63, 3.8) is 0 Å². The summed E-state index contributed by atoms with van der Waals surface area (Å²) >= 11 is 7.00. The Bertz CT molecular complexity index is 497. The lowest BCUT2D eigenvalue weighted by Crippen LogP contribution is -2.25. The van der Waals surface area contributed by atoms with Gasteiger partial charge < -0.3 is 5.32 Å². The van der Waals surface area contributed by atoms with E-state index in [1.54, 1.807) is 0 Å². The normalized spacial score (nSPS) is 13.9. The maximum atomic E-state index is 3.79. The Balaban J connectivity index is 2.15. The molecule has 2 unspecified atom stereocenters.